The van der Waals surface area contributed by atoms with E-state index >= 15 is 0 Å². The van der Waals surface area contributed by atoms with Crippen molar-refractivity contribution in [3.63, 3.8) is 0 Å². The molecule has 3 nitrogen and oxygen atoms in total. The fraction of sp³-hybridized carbons (Fsp3) is 0.533. The van der Waals surface area contributed by atoms with E-state index in [0.29, 0.717) is 12.5 Å². The third-order valence-corrected chi connectivity index (χ3v) is 4.19. The Balaban J connectivity index is 2.26. The summed E-state index contributed by atoms with van der Waals surface area (Å²) < 4.78 is 2.11. The van der Waals surface area contributed by atoms with Gasteiger partial charge in [-0.05, 0) is 17.0 Å². The Bertz CT molecular complexity index is 467. The third kappa shape index (κ3) is 3.30. The average molecular weight is 275 g/mol. The summed E-state index contributed by atoms with van der Waals surface area (Å²) >= 11 is 4.62. The zero-order chi connectivity index (χ0) is 13.8. The number of piperazine rings is 1. The predicted molar refractivity (Wildman–Crippen MR) is 81.0 cm³/mol. The molecule has 19 heavy (non-hydrogen) atoms. The highest BCUT2D eigenvalue weighted by molar-refractivity contribution is 7.77. The number of benzene rings is 1. The van der Waals surface area contributed by atoms with Crippen molar-refractivity contribution in [2.24, 2.45) is 0 Å². The van der Waals surface area contributed by atoms with Gasteiger partial charge in [-0.2, -0.15) is 5.26 Å². The van der Waals surface area contributed by atoms with Crippen LogP contribution in [0.25, 0.3) is 0 Å². The van der Waals surface area contributed by atoms with E-state index in [1.807, 2.05) is 0 Å². The lowest BCUT2D eigenvalue weighted by Gasteiger charge is -2.38. The summed E-state index contributed by atoms with van der Waals surface area (Å²) in [5.74, 6) is 0.504. The zero-order valence-electron chi connectivity index (χ0n) is 11.6. The number of rotatable bonds is 3. The first kappa shape index (κ1) is 14.4. The largest absolute Gasteiger partial charge is 0.287 e. The van der Waals surface area contributed by atoms with Crippen molar-refractivity contribution in [2.75, 3.05) is 26.2 Å². The van der Waals surface area contributed by atoms with Gasteiger partial charge in [0.05, 0.1) is 18.7 Å². The molecular formula is C15H21N3S. The van der Waals surface area contributed by atoms with Crippen LogP contribution in [0.15, 0.2) is 24.3 Å². The molecule has 0 aromatic heterocycles. The van der Waals surface area contributed by atoms with Crippen molar-refractivity contribution in [1.29, 1.82) is 5.26 Å². The van der Waals surface area contributed by atoms with Crippen LogP contribution in [0.1, 0.15) is 36.9 Å². The lowest BCUT2D eigenvalue weighted by molar-refractivity contribution is 0.159. The standard InChI is InChI=1S/C15H21N3S/c1-12(2)13-5-3-4-6-14(13)15-11-17(8-7-16)9-10-18(15)19/h3-6,12,15,19H,8-11H2,1-2H3. The van der Waals surface area contributed by atoms with Gasteiger partial charge in [0.2, 0.25) is 0 Å². The fourth-order valence-electron chi connectivity index (χ4n) is 2.67. The molecule has 0 N–H and O–H groups in total. The summed E-state index contributed by atoms with van der Waals surface area (Å²) in [6, 6.07) is 11.1. The molecule has 0 radical (unpaired) electrons. The molecule has 102 valence electrons. The molecule has 1 atom stereocenters. The van der Waals surface area contributed by atoms with E-state index in [1.54, 1.807) is 0 Å². The molecule has 1 saturated heterocycles. The van der Waals surface area contributed by atoms with Crippen molar-refractivity contribution in [2.45, 2.75) is 25.8 Å². The lowest BCUT2D eigenvalue weighted by Crippen LogP contribution is -2.45. The van der Waals surface area contributed by atoms with E-state index < -0.39 is 0 Å². The van der Waals surface area contributed by atoms with Crippen LogP contribution >= 0.6 is 12.8 Å². The van der Waals surface area contributed by atoms with Crippen molar-refractivity contribution in [1.82, 2.24) is 9.21 Å². The van der Waals surface area contributed by atoms with Crippen LogP contribution in [0.2, 0.25) is 0 Å². The van der Waals surface area contributed by atoms with E-state index in [1.165, 1.54) is 11.1 Å². The number of hydrogen-bond acceptors (Lipinski definition) is 4. The number of nitriles is 1. The van der Waals surface area contributed by atoms with Crippen LogP contribution in [0.3, 0.4) is 0 Å². The van der Waals surface area contributed by atoms with Crippen molar-refractivity contribution in [3.8, 4) is 6.07 Å². The normalized spacial score (nSPS) is 21.5. The van der Waals surface area contributed by atoms with Gasteiger partial charge in [0, 0.05) is 19.6 Å². The van der Waals surface area contributed by atoms with Crippen LogP contribution < -0.4 is 0 Å². The maximum absolute atomic E-state index is 8.86. The molecule has 1 aliphatic heterocycles. The van der Waals surface area contributed by atoms with Crippen LogP contribution in [-0.4, -0.2) is 35.4 Å². The van der Waals surface area contributed by atoms with Crippen LogP contribution in [0.5, 0.6) is 0 Å². The SMILES string of the molecule is CC(C)c1ccccc1C1CN(CC#N)CCN1S. The Morgan fingerprint density at radius 2 is 2.11 bits per heavy atom. The summed E-state index contributed by atoms with van der Waals surface area (Å²) in [6.45, 7) is 7.62. The van der Waals surface area contributed by atoms with Gasteiger partial charge in [-0.1, -0.05) is 50.9 Å². The molecule has 0 spiro atoms. The summed E-state index contributed by atoms with van der Waals surface area (Å²) in [6.07, 6.45) is 0. The van der Waals surface area contributed by atoms with Gasteiger partial charge in [-0.15, -0.1) is 0 Å². The van der Waals surface area contributed by atoms with Gasteiger partial charge >= 0.3 is 0 Å². The van der Waals surface area contributed by atoms with Gasteiger partial charge in [0.25, 0.3) is 0 Å². The predicted octanol–water partition coefficient (Wildman–Crippen LogP) is 2.84. The Kier molecular flexibility index (Phi) is 4.87. The minimum absolute atomic E-state index is 0.268. The van der Waals surface area contributed by atoms with Crippen LogP contribution in [0.4, 0.5) is 0 Å². The van der Waals surface area contributed by atoms with Gasteiger partial charge in [-0.3, -0.25) is 4.90 Å². The van der Waals surface area contributed by atoms with E-state index in [2.05, 4.69) is 66.2 Å². The number of hydrogen-bond donors (Lipinski definition) is 1. The van der Waals surface area contributed by atoms with E-state index in [9.17, 15) is 0 Å². The molecule has 0 amide bonds. The first-order valence-electron chi connectivity index (χ1n) is 6.77. The quantitative estimate of drug-likeness (QED) is 0.679. The Labute approximate surface area is 121 Å². The van der Waals surface area contributed by atoms with Gasteiger partial charge < -0.3 is 0 Å². The second-order valence-electron chi connectivity index (χ2n) is 5.36. The van der Waals surface area contributed by atoms with Gasteiger partial charge in [-0.25, -0.2) is 4.31 Å². The molecule has 0 aliphatic carbocycles. The van der Waals surface area contributed by atoms with Crippen molar-refractivity contribution in [3.05, 3.63) is 35.4 Å². The highest BCUT2D eigenvalue weighted by Crippen LogP contribution is 2.32. The molecular weight excluding hydrogens is 254 g/mol. The first-order valence-corrected chi connectivity index (χ1v) is 7.17. The Hall–Kier alpha value is -1.02. The molecule has 1 heterocycles. The van der Waals surface area contributed by atoms with Crippen LogP contribution in [-0.2, 0) is 0 Å². The second-order valence-corrected chi connectivity index (χ2v) is 5.87. The van der Waals surface area contributed by atoms with E-state index in [0.717, 1.165) is 19.6 Å². The van der Waals surface area contributed by atoms with Crippen molar-refractivity contribution >= 4 is 12.8 Å². The van der Waals surface area contributed by atoms with Gasteiger partial charge in [0.15, 0.2) is 0 Å². The van der Waals surface area contributed by atoms with Gasteiger partial charge in [0.1, 0.15) is 0 Å². The second kappa shape index (κ2) is 6.42. The Morgan fingerprint density at radius 1 is 1.37 bits per heavy atom. The molecule has 1 aliphatic rings. The van der Waals surface area contributed by atoms with Crippen LogP contribution in [0, 0.1) is 11.3 Å². The molecule has 0 saturated carbocycles. The summed E-state index contributed by atoms with van der Waals surface area (Å²) in [4.78, 5) is 2.20. The molecule has 1 fully saturated rings. The first-order chi connectivity index (χ1) is 9.13. The molecule has 2 rings (SSSR count). The zero-order valence-corrected chi connectivity index (χ0v) is 12.5. The number of thiol groups is 1. The van der Waals surface area contributed by atoms with E-state index in [-0.39, 0.29) is 6.04 Å². The highest BCUT2D eigenvalue weighted by Gasteiger charge is 2.28. The molecule has 0 bridgehead atoms. The minimum atomic E-state index is 0.268. The third-order valence-electron chi connectivity index (χ3n) is 3.71. The summed E-state index contributed by atoms with van der Waals surface area (Å²) in [7, 11) is 0. The molecule has 1 aromatic carbocycles. The lowest BCUT2D eigenvalue weighted by atomic mass is 9.92. The maximum atomic E-state index is 8.86. The van der Waals surface area contributed by atoms with Crippen molar-refractivity contribution < 1.29 is 0 Å². The molecule has 1 aromatic rings. The van der Waals surface area contributed by atoms with E-state index in [4.69, 9.17) is 5.26 Å². The average Bonchev–Trinajstić information content (AvgIpc) is 2.41. The summed E-state index contributed by atoms with van der Waals surface area (Å²) in [5, 5.41) is 8.86. The topological polar surface area (TPSA) is 30.3 Å². The molecule has 1 unspecified atom stereocenters. The monoisotopic (exact) mass is 275 g/mol. The summed E-state index contributed by atoms with van der Waals surface area (Å²) in [5.41, 5.74) is 2.72. The fourth-order valence-corrected chi connectivity index (χ4v) is 2.96. The minimum Gasteiger partial charge on any atom is -0.287 e. The highest BCUT2D eigenvalue weighted by atomic mass is 32.1. The number of nitrogens with zero attached hydrogens (tertiary/aromatic N) is 3. The Morgan fingerprint density at radius 3 is 2.79 bits per heavy atom. The molecule has 4 heteroatoms. The smallest absolute Gasteiger partial charge is 0.0867 e. The maximum Gasteiger partial charge on any atom is 0.0867 e.